The van der Waals surface area contributed by atoms with Crippen LogP contribution in [0.2, 0.25) is 0 Å². The van der Waals surface area contributed by atoms with Crippen molar-refractivity contribution in [3.05, 3.63) is 15.3 Å². The smallest absolute Gasteiger partial charge is 0.228 e. The normalized spacial score (nSPS) is 19.0. The maximum atomic E-state index is 12.1. The Morgan fingerprint density at radius 3 is 2.89 bits per heavy atom. The maximum absolute atomic E-state index is 12.1. The number of anilines is 2. The average Bonchev–Trinajstić information content (AvgIpc) is 2.65. The highest BCUT2D eigenvalue weighted by molar-refractivity contribution is 9.11. The van der Waals surface area contributed by atoms with E-state index in [0.29, 0.717) is 33.4 Å². The van der Waals surface area contributed by atoms with E-state index in [1.54, 1.807) is 11.1 Å². The molecule has 0 radical (unpaired) electrons. The van der Waals surface area contributed by atoms with Gasteiger partial charge in [-0.25, -0.2) is 4.98 Å². The molecule has 2 N–H and O–H groups in total. The Bertz CT molecular complexity index is 553. The van der Waals surface area contributed by atoms with Gasteiger partial charge in [-0.05, 0) is 31.9 Å². The van der Waals surface area contributed by atoms with Gasteiger partial charge in [-0.3, -0.25) is 9.59 Å². The van der Waals surface area contributed by atoms with E-state index < -0.39 is 0 Å². The molecular formula is C11H11Br2N3O2S. The second-order valence-electron chi connectivity index (χ2n) is 4.10. The molecule has 5 nitrogen and oxygen atoms in total. The molecule has 1 aliphatic heterocycles. The summed E-state index contributed by atoms with van der Waals surface area (Å²) >= 11 is 7.80. The Balaban J connectivity index is 2.31. The molecule has 1 fully saturated rings. The number of hydrogen-bond donors (Lipinski definition) is 1. The summed E-state index contributed by atoms with van der Waals surface area (Å²) in [6.45, 7) is 1.98. The first-order valence-electron chi connectivity index (χ1n) is 5.47. The van der Waals surface area contributed by atoms with Gasteiger partial charge in [-0.15, -0.1) is 0 Å². The van der Waals surface area contributed by atoms with Gasteiger partial charge in [0.1, 0.15) is 4.60 Å². The lowest BCUT2D eigenvalue weighted by Crippen LogP contribution is -2.26. The predicted octanol–water partition coefficient (Wildman–Crippen LogP) is 2.57. The van der Waals surface area contributed by atoms with Crippen LogP contribution in [0.15, 0.2) is 15.3 Å². The number of pyridine rings is 1. The molecule has 2 rings (SSSR count). The Hall–Kier alpha value is -0.600. The summed E-state index contributed by atoms with van der Waals surface area (Å²) in [6, 6.07) is 0. The Labute approximate surface area is 131 Å². The van der Waals surface area contributed by atoms with Gasteiger partial charge in [0.25, 0.3) is 0 Å². The highest BCUT2D eigenvalue weighted by Gasteiger charge is 2.34. The minimum Gasteiger partial charge on any atom is -0.395 e. The van der Waals surface area contributed by atoms with Crippen molar-refractivity contribution in [3.8, 4) is 0 Å². The molecule has 1 aromatic heterocycles. The van der Waals surface area contributed by atoms with E-state index in [1.165, 1.54) is 18.7 Å². The number of carbonyl (C=O) groups is 2. The van der Waals surface area contributed by atoms with Crippen LogP contribution >= 0.6 is 43.6 Å². The standard InChI is InChI=1S/C11H11Br2N3O2S/c1-5(17)19-6-2-8(18)16(4-6)10-7(12)3-15-11(13)9(10)14/h3,6H,2,4,14H2,1H3. The molecule has 1 unspecified atom stereocenters. The van der Waals surface area contributed by atoms with E-state index in [4.69, 9.17) is 5.73 Å². The molecule has 1 amide bonds. The number of rotatable bonds is 2. The monoisotopic (exact) mass is 407 g/mol. The first-order valence-corrected chi connectivity index (χ1v) is 7.93. The van der Waals surface area contributed by atoms with Gasteiger partial charge in [0.2, 0.25) is 5.91 Å². The first kappa shape index (κ1) is 14.8. The summed E-state index contributed by atoms with van der Waals surface area (Å²) in [7, 11) is 0. The van der Waals surface area contributed by atoms with Crippen molar-refractivity contribution in [3.63, 3.8) is 0 Å². The van der Waals surface area contributed by atoms with Crippen LogP contribution in [0, 0.1) is 0 Å². The zero-order valence-corrected chi connectivity index (χ0v) is 14.0. The summed E-state index contributed by atoms with van der Waals surface area (Å²) in [5.41, 5.74) is 6.99. The first-order chi connectivity index (χ1) is 8.90. The van der Waals surface area contributed by atoms with E-state index in [2.05, 4.69) is 36.8 Å². The number of amides is 1. The quantitative estimate of drug-likeness (QED) is 0.761. The van der Waals surface area contributed by atoms with Gasteiger partial charge in [0.15, 0.2) is 5.12 Å². The van der Waals surface area contributed by atoms with Crippen LogP contribution in [0.25, 0.3) is 0 Å². The summed E-state index contributed by atoms with van der Waals surface area (Å²) < 4.78 is 1.16. The summed E-state index contributed by atoms with van der Waals surface area (Å²) in [6.07, 6.45) is 1.94. The zero-order valence-electron chi connectivity index (χ0n) is 10.0. The van der Waals surface area contributed by atoms with Crippen molar-refractivity contribution < 1.29 is 9.59 Å². The lowest BCUT2D eigenvalue weighted by atomic mass is 10.3. The molecule has 2 heterocycles. The van der Waals surface area contributed by atoms with Crippen molar-refractivity contribution in [2.45, 2.75) is 18.6 Å². The molecule has 1 aliphatic rings. The topological polar surface area (TPSA) is 76.3 Å². The number of nitrogens with two attached hydrogens (primary N) is 1. The van der Waals surface area contributed by atoms with Crippen LogP contribution in [0.1, 0.15) is 13.3 Å². The second kappa shape index (κ2) is 5.80. The SMILES string of the molecule is CC(=O)SC1CC(=O)N(c2c(Br)cnc(Br)c2N)C1. The van der Waals surface area contributed by atoms with E-state index in [-0.39, 0.29) is 16.3 Å². The van der Waals surface area contributed by atoms with Gasteiger partial charge in [-0.1, -0.05) is 11.8 Å². The van der Waals surface area contributed by atoms with Gasteiger partial charge < -0.3 is 10.6 Å². The number of carbonyl (C=O) groups excluding carboxylic acids is 2. The molecule has 1 atom stereocenters. The van der Waals surface area contributed by atoms with Crippen molar-refractivity contribution in [1.29, 1.82) is 0 Å². The van der Waals surface area contributed by atoms with Gasteiger partial charge >= 0.3 is 0 Å². The van der Waals surface area contributed by atoms with Crippen LogP contribution in [0.4, 0.5) is 11.4 Å². The van der Waals surface area contributed by atoms with Crippen molar-refractivity contribution in [1.82, 2.24) is 4.98 Å². The highest BCUT2D eigenvalue weighted by Crippen LogP contribution is 2.39. The van der Waals surface area contributed by atoms with E-state index in [0.717, 1.165) is 0 Å². The molecule has 0 aliphatic carbocycles. The van der Waals surface area contributed by atoms with Crippen LogP contribution in [-0.4, -0.2) is 27.8 Å². The molecule has 0 bridgehead atoms. The fourth-order valence-corrected chi connectivity index (χ4v) is 3.69. The number of nitrogen functional groups attached to an aromatic ring is 1. The molecule has 0 saturated carbocycles. The van der Waals surface area contributed by atoms with Crippen molar-refractivity contribution >= 4 is 66.0 Å². The Kier molecular flexibility index (Phi) is 4.52. The minimum absolute atomic E-state index is 0.0163. The predicted molar refractivity (Wildman–Crippen MR) is 83.1 cm³/mol. The Morgan fingerprint density at radius 2 is 2.26 bits per heavy atom. The van der Waals surface area contributed by atoms with Crippen LogP contribution < -0.4 is 10.6 Å². The summed E-state index contributed by atoms with van der Waals surface area (Å²) in [4.78, 5) is 28.8. The van der Waals surface area contributed by atoms with Crippen LogP contribution in [0.5, 0.6) is 0 Å². The Morgan fingerprint density at radius 1 is 1.58 bits per heavy atom. The van der Waals surface area contributed by atoms with E-state index >= 15 is 0 Å². The molecule has 102 valence electrons. The third-order valence-electron chi connectivity index (χ3n) is 2.69. The van der Waals surface area contributed by atoms with Crippen LogP contribution in [-0.2, 0) is 9.59 Å². The number of thioether (sulfide) groups is 1. The van der Waals surface area contributed by atoms with E-state index in [1.807, 2.05) is 0 Å². The van der Waals surface area contributed by atoms with Gasteiger partial charge in [0, 0.05) is 31.3 Å². The summed E-state index contributed by atoms with van der Waals surface area (Å²) in [5, 5.41) is -0.00848. The lowest BCUT2D eigenvalue weighted by molar-refractivity contribution is -0.117. The molecule has 8 heteroatoms. The van der Waals surface area contributed by atoms with E-state index in [9.17, 15) is 9.59 Å². The lowest BCUT2D eigenvalue weighted by Gasteiger charge is -2.20. The molecule has 1 saturated heterocycles. The molecular weight excluding hydrogens is 398 g/mol. The van der Waals surface area contributed by atoms with Crippen LogP contribution in [0.3, 0.4) is 0 Å². The number of hydrogen-bond acceptors (Lipinski definition) is 5. The fourth-order valence-electron chi connectivity index (χ4n) is 1.95. The molecule has 19 heavy (non-hydrogen) atoms. The molecule has 0 spiro atoms. The zero-order chi connectivity index (χ0) is 14.2. The summed E-state index contributed by atoms with van der Waals surface area (Å²) in [5.74, 6) is -0.0377. The average molecular weight is 409 g/mol. The highest BCUT2D eigenvalue weighted by atomic mass is 79.9. The molecule has 0 aromatic carbocycles. The molecule has 1 aromatic rings. The third kappa shape index (κ3) is 3.11. The largest absolute Gasteiger partial charge is 0.395 e. The maximum Gasteiger partial charge on any atom is 0.228 e. The number of halogens is 2. The van der Waals surface area contributed by atoms with Crippen molar-refractivity contribution in [2.24, 2.45) is 0 Å². The van der Waals surface area contributed by atoms with Gasteiger partial charge in [-0.2, -0.15) is 0 Å². The third-order valence-corrected chi connectivity index (χ3v) is 4.88. The van der Waals surface area contributed by atoms with Crippen molar-refractivity contribution in [2.75, 3.05) is 17.2 Å². The number of nitrogens with zero attached hydrogens (tertiary/aromatic N) is 2. The second-order valence-corrected chi connectivity index (χ2v) is 7.18. The van der Waals surface area contributed by atoms with Gasteiger partial charge in [0.05, 0.1) is 15.8 Å². The fraction of sp³-hybridized carbons (Fsp3) is 0.364. The number of aromatic nitrogens is 1. The minimum atomic E-state index is -0.0377.